The van der Waals surface area contributed by atoms with E-state index in [9.17, 15) is 22.8 Å². The summed E-state index contributed by atoms with van der Waals surface area (Å²) in [4.78, 5) is 26.4. The van der Waals surface area contributed by atoms with Crippen molar-refractivity contribution in [2.45, 2.75) is 25.9 Å². The van der Waals surface area contributed by atoms with Gasteiger partial charge in [-0.2, -0.15) is 13.2 Å². The number of amides is 2. The van der Waals surface area contributed by atoms with Gasteiger partial charge in [-0.1, -0.05) is 0 Å². The topological polar surface area (TPSA) is 71.1 Å². The first kappa shape index (κ1) is 14.3. The average molecular weight is 287 g/mol. The number of pyridine rings is 1. The summed E-state index contributed by atoms with van der Waals surface area (Å²) < 4.78 is 37.3. The van der Waals surface area contributed by atoms with Gasteiger partial charge in [-0.05, 0) is 31.9 Å². The summed E-state index contributed by atoms with van der Waals surface area (Å²) >= 11 is 0. The summed E-state index contributed by atoms with van der Waals surface area (Å²) in [6, 6.07) is 1.76. The molecule has 1 aliphatic rings. The Morgan fingerprint density at radius 1 is 1.25 bits per heavy atom. The predicted octanol–water partition coefficient (Wildman–Crippen LogP) is 1.58. The monoisotopic (exact) mass is 287 g/mol. The van der Waals surface area contributed by atoms with E-state index in [-0.39, 0.29) is 23.1 Å². The Hall–Kier alpha value is -2.12. The maximum Gasteiger partial charge on any atom is 0.433 e. The van der Waals surface area contributed by atoms with E-state index in [1.165, 1.54) is 6.92 Å². The van der Waals surface area contributed by atoms with Crippen molar-refractivity contribution in [1.29, 1.82) is 0 Å². The molecule has 0 radical (unpaired) electrons. The molecule has 1 aromatic rings. The zero-order valence-electron chi connectivity index (χ0n) is 10.5. The molecule has 0 spiro atoms. The van der Waals surface area contributed by atoms with Crippen molar-refractivity contribution in [2.24, 2.45) is 5.92 Å². The lowest BCUT2D eigenvalue weighted by molar-refractivity contribution is -0.141. The van der Waals surface area contributed by atoms with Crippen LogP contribution in [0.3, 0.4) is 0 Å². The largest absolute Gasteiger partial charge is 0.433 e. The first-order valence-electron chi connectivity index (χ1n) is 5.94. The van der Waals surface area contributed by atoms with Crippen molar-refractivity contribution in [2.75, 3.05) is 0 Å². The van der Waals surface area contributed by atoms with E-state index in [1.54, 1.807) is 0 Å². The van der Waals surface area contributed by atoms with Crippen molar-refractivity contribution >= 4 is 11.8 Å². The summed E-state index contributed by atoms with van der Waals surface area (Å²) in [6.07, 6.45) is -2.99. The lowest BCUT2D eigenvalue weighted by Crippen LogP contribution is -2.42. The summed E-state index contributed by atoms with van der Waals surface area (Å²) in [7, 11) is 0. The van der Waals surface area contributed by atoms with Crippen molar-refractivity contribution in [3.8, 4) is 0 Å². The Morgan fingerprint density at radius 2 is 1.90 bits per heavy atom. The molecule has 1 aromatic heterocycles. The summed E-state index contributed by atoms with van der Waals surface area (Å²) in [6.45, 7) is 1.30. The quantitative estimate of drug-likeness (QED) is 0.811. The van der Waals surface area contributed by atoms with Gasteiger partial charge in [0.15, 0.2) is 0 Å². The first-order valence-corrected chi connectivity index (χ1v) is 5.94. The number of carbonyl (C=O) groups excluding carboxylic acids is 2. The third-order valence-electron chi connectivity index (χ3n) is 2.87. The van der Waals surface area contributed by atoms with Gasteiger partial charge >= 0.3 is 6.18 Å². The van der Waals surface area contributed by atoms with Gasteiger partial charge in [0.25, 0.3) is 5.91 Å². The van der Waals surface area contributed by atoms with Gasteiger partial charge in [0.05, 0.1) is 11.3 Å². The first-order chi connectivity index (χ1) is 9.29. The molecule has 2 N–H and O–H groups in total. The highest BCUT2D eigenvalue weighted by atomic mass is 19.4. The fraction of sp³-hybridized carbons (Fsp3) is 0.417. The van der Waals surface area contributed by atoms with Crippen molar-refractivity contribution in [3.63, 3.8) is 0 Å². The van der Waals surface area contributed by atoms with Crippen LogP contribution < -0.4 is 10.9 Å². The number of hydrazine groups is 1. The molecule has 8 heteroatoms. The van der Waals surface area contributed by atoms with E-state index in [1.807, 2.05) is 0 Å². The second kappa shape index (κ2) is 5.10. The van der Waals surface area contributed by atoms with Crippen molar-refractivity contribution < 1.29 is 22.8 Å². The molecule has 1 aliphatic carbocycles. The van der Waals surface area contributed by atoms with Gasteiger partial charge in [-0.3, -0.25) is 20.4 Å². The van der Waals surface area contributed by atoms with Crippen LogP contribution in [0.1, 0.15) is 34.6 Å². The molecule has 108 valence electrons. The maximum atomic E-state index is 12.4. The Bertz CT molecular complexity index is 553. The number of alkyl halides is 3. The minimum absolute atomic E-state index is 0.0194. The number of rotatable bonds is 2. The van der Waals surface area contributed by atoms with Crippen LogP contribution in [0.2, 0.25) is 0 Å². The number of hydrogen-bond acceptors (Lipinski definition) is 3. The number of aryl methyl sites for hydroxylation is 1. The van der Waals surface area contributed by atoms with Crippen LogP contribution in [0.25, 0.3) is 0 Å². The van der Waals surface area contributed by atoms with E-state index >= 15 is 0 Å². The summed E-state index contributed by atoms with van der Waals surface area (Å²) in [5.74, 6) is -1.07. The highest BCUT2D eigenvalue weighted by Gasteiger charge is 2.33. The highest BCUT2D eigenvalue weighted by Crippen LogP contribution is 2.29. The van der Waals surface area contributed by atoms with E-state index in [2.05, 4.69) is 15.8 Å². The maximum absolute atomic E-state index is 12.4. The molecule has 1 fully saturated rings. The molecule has 0 aromatic carbocycles. The number of halogens is 3. The Kier molecular flexibility index (Phi) is 3.65. The number of aromatic nitrogens is 1. The van der Waals surface area contributed by atoms with Crippen LogP contribution in [0.15, 0.2) is 12.1 Å². The Balaban J connectivity index is 2.04. The van der Waals surface area contributed by atoms with Crippen molar-refractivity contribution in [1.82, 2.24) is 15.8 Å². The number of carbonyl (C=O) groups is 2. The second-order valence-corrected chi connectivity index (χ2v) is 4.54. The molecule has 0 saturated heterocycles. The van der Waals surface area contributed by atoms with Gasteiger partial charge < -0.3 is 0 Å². The van der Waals surface area contributed by atoms with Gasteiger partial charge in [0, 0.05) is 5.92 Å². The predicted molar refractivity (Wildman–Crippen MR) is 62.3 cm³/mol. The molecule has 0 unspecified atom stereocenters. The number of nitrogens with one attached hydrogen (secondary N) is 2. The minimum Gasteiger partial charge on any atom is -0.273 e. The SMILES string of the molecule is Cc1nc(C(F)(F)F)ccc1C(=O)NNC(=O)C1CC1. The normalized spacial score (nSPS) is 14.8. The Labute approximate surface area is 112 Å². The third-order valence-corrected chi connectivity index (χ3v) is 2.87. The zero-order valence-corrected chi connectivity index (χ0v) is 10.5. The molecule has 2 rings (SSSR count). The van der Waals surface area contributed by atoms with Gasteiger partial charge in [0.2, 0.25) is 5.91 Å². The molecule has 0 bridgehead atoms. The van der Waals surface area contributed by atoms with Crippen LogP contribution in [0, 0.1) is 12.8 Å². The third kappa shape index (κ3) is 3.25. The molecule has 0 aliphatic heterocycles. The fourth-order valence-electron chi connectivity index (χ4n) is 1.59. The van der Waals surface area contributed by atoms with E-state index < -0.39 is 17.8 Å². The molecular formula is C12H12F3N3O2. The van der Waals surface area contributed by atoms with Gasteiger partial charge in [-0.15, -0.1) is 0 Å². The molecule has 20 heavy (non-hydrogen) atoms. The van der Waals surface area contributed by atoms with Crippen LogP contribution in [-0.4, -0.2) is 16.8 Å². The zero-order chi connectivity index (χ0) is 14.9. The van der Waals surface area contributed by atoms with E-state index in [4.69, 9.17) is 0 Å². The van der Waals surface area contributed by atoms with Crippen LogP contribution in [-0.2, 0) is 11.0 Å². The van der Waals surface area contributed by atoms with E-state index in [0.29, 0.717) is 0 Å². The Morgan fingerprint density at radius 3 is 2.40 bits per heavy atom. The molecule has 5 nitrogen and oxygen atoms in total. The van der Waals surface area contributed by atoms with Crippen LogP contribution in [0.5, 0.6) is 0 Å². The molecule has 1 saturated carbocycles. The second-order valence-electron chi connectivity index (χ2n) is 4.54. The molecule has 0 atom stereocenters. The number of nitrogens with zero attached hydrogens (tertiary/aromatic N) is 1. The van der Waals surface area contributed by atoms with Gasteiger partial charge in [0.1, 0.15) is 5.69 Å². The van der Waals surface area contributed by atoms with Crippen LogP contribution in [0.4, 0.5) is 13.2 Å². The highest BCUT2D eigenvalue weighted by molar-refractivity contribution is 5.96. The average Bonchev–Trinajstić information content (AvgIpc) is 3.18. The lowest BCUT2D eigenvalue weighted by atomic mass is 10.1. The molecule has 1 heterocycles. The number of hydrogen-bond donors (Lipinski definition) is 2. The standard InChI is InChI=1S/C12H12F3N3O2/c1-6-8(4-5-9(16-6)12(13,14)15)11(20)18-17-10(19)7-2-3-7/h4-5,7H,2-3H2,1H3,(H,17,19)(H,18,20). The molecular weight excluding hydrogens is 275 g/mol. The lowest BCUT2D eigenvalue weighted by Gasteiger charge is -2.11. The van der Waals surface area contributed by atoms with Crippen LogP contribution >= 0.6 is 0 Å². The smallest absolute Gasteiger partial charge is 0.273 e. The minimum atomic E-state index is -4.56. The summed E-state index contributed by atoms with van der Waals surface area (Å²) in [5, 5.41) is 0. The van der Waals surface area contributed by atoms with Gasteiger partial charge in [-0.25, -0.2) is 4.98 Å². The summed E-state index contributed by atoms with van der Waals surface area (Å²) in [5.41, 5.74) is 3.25. The fourth-order valence-corrected chi connectivity index (χ4v) is 1.59. The van der Waals surface area contributed by atoms with Crippen molar-refractivity contribution in [3.05, 3.63) is 29.1 Å². The molecule has 2 amide bonds. The van der Waals surface area contributed by atoms with E-state index in [0.717, 1.165) is 25.0 Å².